The summed E-state index contributed by atoms with van der Waals surface area (Å²) in [6.07, 6.45) is 4.24. The highest BCUT2D eigenvalue weighted by molar-refractivity contribution is 5.70. The molecule has 100 valence electrons. The standard InChI is InChI=1S/C14H18N4O/c15-11-12-13(17-5-1-2-6-17)3-4-16-14(12)18-7-9-19-10-8-18/h3-4H,1-2,5-10H2. The molecule has 0 atom stereocenters. The average Bonchev–Trinajstić information content (AvgIpc) is 3.01. The van der Waals surface area contributed by atoms with Crippen LogP contribution in [0.1, 0.15) is 18.4 Å². The predicted octanol–water partition coefficient (Wildman–Crippen LogP) is 1.39. The minimum atomic E-state index is 0.709. The van der Waals surface area contributed by atoms with Crippen LogP contribution >= 0.6 is 0 Å². The topological polar surface area (TPSA) is 52.4 Å². The average molecular weight is 258 g/mol. The molecule has 5 heteroatoms. The van der Waals surface area contributed by atoms with Crippen LogP contribution < -0.4 is 9.80 Å². The van der Waals surface area contributed by atoms with Gasteiger partial charge in [-0.25, -0.2) is 4.98 Å². The Morgan fingerprint density at radius 2 is 1.84 bits per heavy atom. The molecule has 2 saturated heterocycles. The van der Waals surface area contributed by atoms with Gasteiger partial charge in [0, 0.05) is 32.4 Å². The van der Waals surface area contributed by atoms with E-state index in [0.717, 1.165) is 37.7 Å². The van der Waals surface area contributed by atoms with E-state index in [1.165, 1.54) is 12.8 Å². The van der Waals surface area contributed by atoms with Crippen molar-refractivity contribution in [1.29, 1.82) is 5.26 Å². The molecule has 0 spiro atoms. The lowest BCUT2D eigenvalue weighted by atomic mass is 10.2. The summed E-state index contributed by atoms with van der Waals surface area (Å²) in [7, 11) is 0. The summed E-state index contributed by atoms with van der Waals surface area (Å²) in [5.74, 6) is 0.815. The number of hydrogen-bond donors (Lipinski definition) is 0. The van der Waals surface area contributed by atoms with Crippen molar-refractivity contribution in [2.75, 3.05) is 49.2 Å². The number of nitrogens with zero attached hydrogens (tertiary/aromatic N) is 4. The number of ether oxygens (including phenoxy) is 1. The Balaban J connectivity index is 1.95. The summed E-state index contributed by atoms with van der Waals surface area (Å²) in [5, 5.41) is 9.52. The van der Waals surface area contributed by atoms with Crippen molar-refractivity contribution in [1.82, 2.24) is 4.98 Å². The highest BCUT2D eigenvalue weighted by atomic mass is 16.5. The molecule has 3 rings (SSSR count). The molecule has 0 bridgehead atoms. The van der Waals surface area contributed by atoms with Gasteiger partial charge in [0.2, 0.25) is 0 Å². The van der Waals surface area contributed by atoms with Gasteiger partial charge in [-0.2, -0.15) is 5.26 Å². The van der Waals surface area contributed by atoms with Crippen LogP contribution in [-0.4, -0.2) is 44.4 Å². The lowest BCUT2D eigenvalue weighted by Crippen LogP contribution is -2.37. The van der Waals surface area contributed by atoms with Gasteiger partial charge < -0.3 is 14.5 Å². The Hall–Kier alpha value is -1.80. The Morgan fingerprint density at radius 1 is 1.11 bits per heavy atom. The van der Waals surface area contributed by atoms with Gasteiger partial charge >= 0.3 is 0 Å². The zero-order valence-corrected chi connectivity index (χ0v) is 11.0. The molecule has 0 amide bonds. The van der Waals surface area contributed by atoms with E-state index in [-0.39, 0.29) is 0 Å². The van der Waals surface area contributed by atoms with Crippen molar-refractivity contribution in [2.24, 2.45) is 0 Å². The number of hydrogen-bond acceptors (Lipinski definition) is 5. The van der Waals surface area contributed by atoms with E-state index in [9.17, 15) is 5.26 Å². The molecule has 0 aliphatic carbocycles. The lowest BCUT2D eigenvalue weighted by molar-refractivity contribution is 0.122. The van der Waals surface area contributed by atoms with E-state index in [2.05, 4.69) is 20.9 Å². The van der Waals surface area contributed by atoms with Gasteiger partial charge in [-0.15, -0.1) is 0 Å². The summed E-state index contributed by atoms with van der Waals surface area (Å²) in [5.41, 5.74) is 1.75. The molecule has 0 saturated carbocycles. The van der Waals surface area contributed by atoms with Crippen LogP contribution in [0.3, 0.4) is 0 Å². The molecule has 1 aromatic rings. The Bertz CT molecular complexity index is 485. The Morgan fingerprint density at radius 3 is 2.53 bits per heavy atom. The molecule has 3 heterocycles. The zero-order valence-electron chi connectivity index (χ0n) is 11.0. The molecule has 0 N–H and O–H groups in total. The van der Waals surface area contributed by atoms with Crippen LogP contribution in [0.15, 0.2) is 12.3 Å². The molecule has 5 nitrogen and oxygen atoms in total. The second-order valence-electron chi connectivity index (χ2n) is 4.93. The van der Waals surface area contributed by atoms with Crippen LogP contribution in [0.2, 0.25) is 0 Å². The fourth-order valence-corrected chi connectivity index (χ4v) is 2.78. The number of aromatic nitrogens is 1. The van der Waals surface area contributed by atoms with Crippen molar-refractivity contribution in [3.63, 3.8) is 0 Å². The summed E-state index contributed by atoms with van der Waals surface area (Å²) in [6.45, 7) is 5.12. The number of rotatable bonds is 2. The van der Waals surface area contributed by atoms with Crippen molar-refractivity contribution < 1.29 is 4.74 Å². The summed E-state index contributed by atoms with van der Waals surface area (Å²) < 4.78 is 5.36. The summed E-state index contributed by atoms with van der Waals surface area (Å²) >= 11 is 0. The molecule has 2 aliphatic rings. The predicted molar refractivity (Wildman–Crippen MR) is 73.4 cm³/mol. The highest BCUT2D eigenvalue weighted by Crippen LogP contribution is 2.30. The lowest BCUT2D eigenvalue weighted by Gasteiger charge is -2.30. The van der Waals surface area contributed by atoms with Crippen LogP contribution in [0, 0.1) is 11.3 Å². The first-order chi connectivity index (χ1) is 9.40. The first-order valence-electron chi connectivity index (χ1n) is 6.87. The fraction of sp³-hybridized carbons (Fsp3) is 0.571. The molecule has 2 aliphatic heterocycles. The van der Waals surface area contributed by atoms with Gasteiger partial charge in [0.15, 0.2) is 0 Å². The molecular weight excluding hydrogens is 240 g/mol. The minimum absolute atomic E-state index is 0.709. The maximum Gasteiger partial charge on any atom is 0.148 e. The van der Waals surface area contributed by atoms with Crippen molar-refractivity contribution in [2.45, 2.75) is 12.8 Å². The quantitative estimate of drug-likeness (QED) is 0.802. The van der Waals surface area contributed by atoms with E-state index in [1.807, 2.05) is 12.3 Å². The number of morpholine rings is 1. The van der Waals surface area contributed by atoms with Gasteiger partial charge in [-0.3, -0.25) is 0 Å². The van der Waals surface area contributed by atoms with Crippen LogP contribution in [0.5, 0.6) is 0 Å². The van der Waals surface area contributed by atoms with Crippen LogP contribution in [0.25, 0.3) is 0 Å². The molecule has 0 unspecified atom stereocenters. The summed E-state index contributed by atoms with van der Waals surface area (Å²) in [6, 6.07) is 4.32. The number of pyridine rings is 1. The van der Waals surface area contributed by atoms with E-state index in [4.69, 9.17) is 4.74 Å². The Kier molecular flexibility index (Phi) is 3.51. The Labute approximate surface area is 113 Å². The molecule has 1 aromatic heterocycles. The highest BCUT2D eigenvalue weighted by Gasteiger charge is 2.22. The first-order valence-corrected chi connectivity index (χ1v) is 6.87. The smallest absolute Gasteiger partial charge is 0.148 e. The van der Waals surface area contributed by atoms with Crippen molar-refractivity contribution in [3.8, 4) is 6.07 Å². The van der Waals surface area contributed by atoms with Crippen LogP contribution in [-0.2, 0) is 4.74 Å². The van der Waals surface area contributed by atoms with Gasteiger partial charge in [0.1, 0.15) is 17.5 Å². The van der Waals surface area contributed by atoms with Crippen molar-refractivity contribution >= 4 is 11.5 Å². The normalized spacial score (nSPS) is 19.5. The molecular formula is C14H18N4O. The molecule has 2 fully saturated rings. The summed E-state index contributed by atoms with van der Waals surface area (Å²) in [4.78, 5) is 8.88. The first kappa shape index (κ1) is 12.2. The SMILES string of the molecule is N#Cc1c(N2CCCC2)ccnc1N1CCOCC1. The molecule has 0 aromatic carbocycles. The van der Waals surface area contributed by atoms with Crippen LogP contribution in [0.4, 0.5) is 11.5 Å². The van der Waals surface area contributed by atoms with Gasteiger partial charge in [-0.05, 0) is 18.9 Å². The third-order valence-corrected chi connectivity index (χ3v) is 3.78. The number of nitriles is 1. The van der Waals surface area contributed by atoms with Gasteiger partial charge in [0.25, 0.3) is 0 Å². The number of anilines is 2. The zero-order chi connectivity index (χ0) is 13.1. The van der Waals surface area contributed by atoms with E-state index < -0.39 is 0 Å². The van der Waals surface area contributed by atoms with E-state index in [0.29, 0.717) is 18.8 Å². The second kappa shape index (κ2) is 5.45. The second-order valence-corrected chi connectivity index (χ2v) is 4.93. The monoisotopic (exact) mass is 258 g/mol. The van der Waals surface area contributed by atoms with Crippen molar-refractivity contribution in [3.05, 3.63) is 17.8 Å². The van der Waals surface area contributed by atoms with E-state index in [1.54, 1.807) is 0 Å². The van der Waals surface area contributed by atoms with Gasteiger partial charge in [0.05, 0.1) is 18.9 Å². The minimum Gasteiger partial charge on any atom is -0.378 e. The third-order valence-electron chi connectivity index (χ3n) is 3.78. The van der Waals surface area contributed by atoms with E-state index >= 15 is 0 Å². The maximum absolute atomic E-state index is 9.52. The fourth-order valence-electron chi connectivity index (χ4n) is 2.78. The maximum atomic E-state index is 9.52. The largest absolute Gasteiger partial charge is 0.378 e. The third kappa shape index (κ3) is 2.36. The van der Waals surface area contributed by atoms with Gasteiger partial charge in [-0.1, -0.05) is 0 Å². The molecule has 19 heavy (non-hydrogen) atoms. The molecule has 0 radical (unpaired) electrons.